The summed E-state index contributed by atoms with van der Waals surface area (Å²) in [4.78, 5) is 0. The number of fused-ring (bicyclic) bond motifs is 1. The number of nitrogens with zero attached hydrogens (tertiary/aromatic N) is 1. The molecule has 0 saturated heterocycles. The number of aromatic nitrogens is 1. The van der Waals surface area contributed by atoms with Gasteiger partial charge in [0.25, 0.3) is 0 Å². The van der Waals surface area contributed by atoms with Gasteiger partial charge in [0.15, 0.2) is 0 Å². The van der Waals surface area contributed by atoms with Gasteiger partial charge in [0.1, 0.15) is 0 Å². The Kier molecular flexibility index (Phi) is 2.75. The molecule has 0 aliphatic heterocycles. The van der Waals surface area contributed by atoms with Crippen molar-refractivity contribution >= 4 is 22.5 Å². The summed E-state index contributed by atoms with van der Waals surface area (Å²) in [6.07, 6.45) is 1.97. The molecule has 1 aromatic heterocycles. The zero-order valence-electron chi connectivity index (χ0n) is 7.73. The number of rotatable bonds is 3. The highest BCUT2D eigenvalue weighted by Gasteiger charge is 2.09. The Bertz CT molecular complexity index is 420. The van der Waals surface area contributed by atoms with E-state index in [1.54, 1.807) is 0 Å². The summed E-state index contributed by atoms with van der Waals surface area (Å²) in [5, 5.41) is 10.3. The normalized spacial score (nSPS) is 13.3. The van der Waals surface area contributed by atoms with Crippen molar-refractivity contribution in [3.8, 4) is 0 Å². The molecule has 0 amide bonds. The first-order chi connectivity index (χ1) is 6.86. The molecule has 0 fully saturated rings. The van der Waals surface area contributed by atoms with Gasteiger partial charge in [-0.3, -0.25) is 0 Å². The number of aliphatic hydroxyl groups excluding tert-OH is 1. The topological polar surface area (TPSA) is 25.2 Å². The third kappa shape index (κ3) is 1.51. The second kappa shape index (κ2) is 4.03. The summed E-state index contributed by atoms with van der Waals surface area (Å²) in [5.74, 6) is 0.426. The van der Waals surface area contributed by atoms with Gasteiger partial charge >= 0.3 is 0 Å². The maximum Gasteiger partial charge on any atom is 0.0702 e. The van der Waals surface area contributed by atoms with Gasteiger partial charge in [-0.05, 0) is 17.5 Å². The second-order valence-corrected chi connectivity index (χ2v) is 3.58. The van der Waals surface area contributed by atoms with E-state index in [2.05, 4.69) is 6.07 Å². The molecule has 14 heavy (non-hydrogen) atoms. The van der Waals surface area contributed by atoms with Gasteiger partial charge in [-0.1, -0.05) is 18.2 Å². The molecular weight excluding hydrogens is 198 g/mol. The molecule has 3 heteroatoms. The van der Waals surface area contributed by atoms with Crippen molar-refractivity contribution in [1.82, 2.24) is 4.57 Å². The maximum atomic E-state index is 9.15. The fraction of sp³-hybridized carbons (Fsp3) is 0.273. The Morgan fingerprint density at radius 3 is 2.79 bits per heavy atom. The minimum absolute atomic E-state index is 0.0310. The monoisotopic (exact) mass is 209 g/mol. The molecule has 0 aliphatic rings. The molecule has 2 rings (SSSR count). The van der Waals surface area contributed by atoms with Gasteiger partial charge in [0.05, 0.1) is 12.6 Å². The number of para-hydroxylation sites is 1. The first kappa shape index (κ1) is 9.56. The highest BCUT2D eigenvalue weighted by molar-refractivity contribution is 6.18. The van der Waals surface area contributed by atoms with Crippen LogP contribution in [0.2, 0.25) is 0 Å². The minimum atomic E-state index is -0.0310. The van der Waals surface area contributed by atoms with E-state index in [1.165, 1.54) is 5.39 Å². The second-order valence-electron chi connectivity index (χ2n) is 3.27. The van der Waals surface area contributed by atoms with Crippen LogP contribution in [0.1, 0.15) is 6.04 Å². The molecule has 0 radical (unpaired) electrons. The number of benzene rings is 1. The minimum Gasteiger partial charge on any atom is -0.394 e. The van der Waals surface area contributed by atoms with Gasteiger partial charge in [0, 0.05) is 17.6 Å². The van der Waals surface area contributed by atoms with Gasteiger partial charge < -0.3 is 9.67 Å². The van der Waals surface area contributed by atoms with E-state index in [9.17, 15) is 0 Å². The quantitative estimate of drug-likeness (QED) is 0.772. The van der Waals surface area contributed by atoms with E-state index in [4.69, 9.17) is 16.7 Å². The molecule has 2 aromatic rings. The number of aliphatic hydroxyl groups is 1. The van der Waals surface area contributed by atoms with Crippen LogP contribution in [0.4, 0.5) is 0 Å². The van der Waals surface area contributed by atoms with Crippen LogP contribution in [0, 0.1) is 0 Å². The van der Waals surface area contributed by atoms with Crippen LogP contribution in [0.5, 0.6) is 0 Å². The lowest BCUT2D eigenvalue weighted by Crippen LogP contribution is -2.13. The summed E-state index contributed by atoms with van der Waals surface area (Å²) in [7, 11) is 0. The number of hydrogen-bond donors (Lipinski definition) is 1. The first-order valence-corrected chi connectivity index (χ1v) is 5.12. The van der Waals surface area contributed by atoms with Crippen LogP contribution in [0.3, 0.4) is 0 Å². The molecule has 0 bridgehead atoms. The summed E-state index contributed by atoms with van der Waals surface area (Å²) in [6.45, 7) is 0.0716. The van der Waals surface area contributed by atoms with Gasteiger partial charge in [0.2, 0.25) is 0 Å². The highest BCUT2D eigenvalue weighted by atomic mass is 35.5. The summed E-state index contributed by atoms with van der Waals surface area (Å²) >= 11 is 5.78. The average molecular weight is 210 g/mol. The van der Waals surface area contributed by atoms with E-state index in [-0.39, 0.29) is 12.6 Å². The molecule has 0 spiro atoms. The van der Waals surface area contributed by atoms with E-state index in [0.29, 0.717) is 5.88 Å². The third-order valence-electron chi connectivity index (χ3n) is 2.41. The van der Waals surface area contributed by atoms with Gasteiger partial charge in [-0.2, -0.15) is 0 Å². The number of hydrogen-bond acceptors (Lipinski definition) is 1. The van der Waals surface area contributed by atoms with Crippen molar-refractivity contribution in [2.24, 2.45) is 0 Å². The van der Waals surface area contributed by atoms with Crippen molar-refractivity contribution in [2.45, 2.75) is 6.04 Å². The molecule has 0 unspecified atom stereocenters. The number of halogens is 1. The van der Waals surface area contributed by atoms with Crippen LogP contribution in [-0.4, -0.2) is 22.2 Å². The Balaban J connectivity index is 2.51. The smallest absolute Gasteiger partial charge is 0.0702 e. The molecule has 1 atom stereocenters. The first-order valence-electron chi connectivity index (χ1n) is 4.59. The molecular formula is C11H12ClNO. The fourth-order valence-electron chi connectivity index (χ4n) is 1.63. The highest BCUT2D eigenvalue weighted by Crippen LogP contribution is 2.20. The van der Waals surface area contributed by atoms with Gasteiger partial charge in [-0.25, -0.2) is 0 Å². The fourth-order valence-corrected chi connectivity index (χ4v) is 1.88. The van der Waals surface area contributed by atoms with Crippen LogP contribution < -0.4 is 0 Å². The maximum absolute atomic E-state index is 9.15. The Hall–Kier alpha value is -0.990. The molecule has 0 saturated carbocycles. The Morgan fingerprint density at radius 1 is 1.29 bits per heavy atom. The standard InChI is InChI=1S/C11H12ClNO/c12-7-10(8-14)13-6-5-9-3-1-2-4-11(9)13/h1-6,10,14H,7-8H2/t10-/m0/s1. The van der Waals surface area contributed by atoms with E-state index < -0.39 is 0 Å². The molecule has 1 aromatic carbocycles. The van der Waals surface area contributed by atoms with Crippen molar-refractivity contribution in [1.29, 1.82) is 0 Å². The molecule has 2 nitrogen and oxygen atoms in total. The summed E-state index contributed by atoms with van der Waals surface area (Å²) in [5.41, 5.74) is 1.12. The van der Waals surface area contributed by atoms with Crippen molar-refractivity contribution in [2.75, 3.05) is 12.5 Å². The largest absolute Gasteiger partial charge is 0.394 e. The molecule has 74 valence electrons. The van der Waals surface area contributed by atoms with E-state index >= 15 is 0 Å². The van der Waals surface area contributed by atoms with E-state index in [0.717, 1.165) is 5.52 Å². The van der Waals surface area contributed by atoms with Crippen LogP contribution in [-0.2, 0) is 0 Å². The van der Waals surface area contributed by atoms with Crippen molar-refractivity contribution in [3.63, 3.8) is 0 Å². The summed E-state index contributed by atoms with van der Waals surface area (Å²) in [6, 6.07) is 10.1. The van der Waals surface area contributed by atoms with Crippen LogP contribution in [0.15, 0.2) is 36.5 Å². The average Bonchev–Trinajstić information content (AvgIpc) is 2.65. The van der Waals surface area contributed by atoms with E-state index in [1.807, 2.05) is 35.0 Å². The lowest BCUT2D eigenvalue weighted by molar-refractivity contribution is 0.243. The van der Waals surface area contributed by atoms with Crippen LogP contribution >= 0.6 is 11.6 Å². The van der Waals surface area contributed by atoms with Crippen molar-refractivity contribution in [3.05, 3.63) is 36.5 Å². The third-order valence-corrected chi connectivity index (χ3v) is 2.77. The zero-order chi connectivity index (χ0) is 9.97. The zero-order valence-corrected chi connectivity index (χ0v) is 8.48. The van der Waals surface area contributed by atoms with Gasteiger partial charge in [-0.15, -0.1) is 11.6 Å². The Labute approximate surface area is 87.7 Å². The predicted octanol–water partition coefficient (Wildman–Crippen LogP) is 2.41. The molecule has 1 N–H and O–H groups in total. The Morgan fingerprint density at radius 2 is 2.07 bits per heavy atom. The number of alkyl halides is 1. The predicted molar refractivity (Wildman–Crippen MR) is 58.8 cm³/mol. The van der Waals surface area contributed by atoms with Crippen LogP contribution in [0.25, 0.3) is 10.9 Å². The van der Waals surface area contributed by atoms with Crippen molar-refractivity contribution < 1.29 is 5.11 Å². The lowest BCUT2D eigenvalue weighted by Gasteiger charge is -2.14. The molecule has 1 heterocycles. The lowest BCUT2D eigenvalue weighted by atomic mass is 10.2. The summed E-state index contributed by atoms with van der Waals surface area (Å²) < 4.78 is 2.02. The SMILES string of the molecule is OC[C@H](CCl)n1ccc2ccccc21. The molecule has 0 aliphatic carbocycles.